The Balaban J connectivity index is 2.04. The van der Waals surface area contributed by atoms with Crippen molar-refractivity contribution in [2.24, 2.45) is 5.14 Å². The molecule has 0 saturated heterocycles. The standard InChI is InChI=1S/C11H14ClN5O8S2/c12-8-3-9-10(4-11(8)27(13,22)23)26-15(6-14-9)2-1-7(25-17(20)21)5-24-16(18)19/h3-4,7,14H,1-2,5-6H2,(H2,13,22,23)/t7-/m0/s1. The Kier molecular flexibility index (Phi) is 6.88. The third-order valence-electron chi connectivity index (χ3n) is 3.32. The van der Waals surface area contributed by atoms with Gasteiger partial charge in [-0.05, 0) is 30.5 Å². The molecule has 1 aromatic rings. The number of primary sulfonamides is 1. The van der Waals surface area contributed by atoms with Crippen LogP contribution < -0.4 is 10.5 Å². The van der Waals surface area contributed by atoms with Gasteiger partial charge < -0.3 is 15.0 Å². The van der Waals surface area contributed by atoms with Gasteiger partial charge in [0.15, 0.2) is 0 Å². The molecule has 1 aromatic carbocycles. The molecule has 0 spiro atoms. The molecular weight excluding hydrogens is 430 g/mol. The molecule has 16 heteroatoms. The second kappa shape index (κ2) is 8.75. The van der Waals surface area contributed by atoms with Crippen LogP contribution in [0.4, 0.5) is 5.69 Å². The van der Waals surface area contributed by atoms with Crippen molar-refractivity contribution in [3.05, 3.63) is 37.4 Å². The van der Waals surface area contributed by atoms with E-state index in [1.54, 1.807) is 4.31 Å². The van der Waals surface area contributed by atoms with Crippen LogP contribution in [0.15, 0.2) is 21.9 Å². The molecule has 2 rings (SSSR count). The first kappa shape index (κ1) is 21.2. The van der Waals surface area contributed by atoms with Gasteiger partial charge in [-0.25, -0.2) is 17.9 Å². The summed E-state index contributed by atoms with van der Waals surface area (Å²) in [5.41, 5.74) is 0.600. The normalized spacial score (nSPS) is 15.3. The van der Waals surface area contributed by atoms with Gasteiger partial charge in [0, 0.05) is 11.4 Å². The zero-order valence-corrected chi connectivity index (χ0v) is 15.8. The van der Waals surface area contributed by atoms with E-state index < -0.39 is 32.9 Å². The molecule has 0 bridgehead atoms. The van der Waals surface area contributed by atoms with E-state index in [0.29, 0.717) is 17.3 Å². The van der Waals surface area contributed by atoms with Crippen molar-refractivity contribution < 1.29 is 28.3 Å². The lowest BCUT2D eigenvalue weighted by atomic mass is 10.2. The highest BCUT2D eigenvalue weighted by molar-refractivity contribution is 7.97. The third kappa shape index (κ3) is 6.24. The van der Waals surface area contributed by atoms with Gasteiger partial charge in [-0.3, -0.25) is 0 Å². The number of hydrogen-bond acceptors (Lipinski definition) is 11. The van der Waals surface area contributed by atoms with Crippen LogP contribution in [-0.4, -0.2) is 48.8 Å². The Labute approximate surface area is 162 Å². The lowest BCUT2D eigenvalue weighted by Gasteiger charge is -2.29. The van der Waals surface area contributed by atoms with Crippen LogP contribution in [0, 0.1) is 20.2 Å². The molecule has 0 amide bonds. The maximum Gasteiger partial charge on any atom is 0.294 e. The largest absolute Gasteiger partial charge is 0.371 e. The maximum atomic E-state index is 11.6. The monoisotopic (exact) mass is 443 g/mol. The van der Waals surface area contributed by atoms with Crippen molar-refractivity contribution in [1.82, 2.24) is 4.31 Å². The molecule has 0 unspecified atom stereocenters. The Morgan fingerprint density at radius 3 is 2.67 bits per heavy atom. The van der Waals surface area contributed by atoms with Gasteiger partial charge in [-0.2, -0.15) is 0 Å². The fourth-order valence-electron chi connectivity index (χ4n) is 2.16. The Morgan fingerprint density at radius 2 is 2.07 bits per heavy atom. The summed E-state index contributed by atoms with van der Waals surface area (Å²) in [6.07, 6.45) is -1.09. The number of rotatable bonds is 9. The zero-order valence-electron chi connectivity index (χ0n) is 13.4. The summed E-state index contributed by atoms with van der Waals surface area (Å²) in [5.74, 6) is 0. The first-order valence-corrected chi connectivity index (χ1v) is 9.87. The van der Waals surface area contributed by atoms with Gasteiger partial charge in [-0.1, -0.05) is 11.6 Å². The first-order chi connectivity index (χ1) is 12.6. The molecule has 0 radical (unpaired) electrons. The van der Waals surface area contributed by atoms with Gasteiger partial charge >= 0.3 is 0 Å². The van der Waals surface area contributed by atoms with Gasteiger partial charge in [0.2, 0.25) is 10.0 Å². The fourth-order valence-corrected chi connectivity index (χ4v) is 4.33. The smallest absolute Gasteiger partial charge is 0.294 e. The van der Waals surface area contributed by atoms with E-state index in [0.717, 1.165) is 0 Å². The second-order valence-electron chi connectivity index (χ2n) is 5.21. The van der Waals surface area contributed by atoms with Crippen molar-refractivity contribution in [2.75, 3.05) is 25.1 Å². The minimum absolute atomic E-state index is 0.0193. The van der Waals surface area contributed by atoms with Crippen LogP contribution in [0.5, 0.6) is 0 Å². The highest BCUT2D eigenvalue weighted by atomic mass is 35.5. The van der Waals surface area contributed by atoms with E-state index in [1.807, 2.05) is 0 Å². The zero-order chi connectivity index (χ0) is 20.2. The van der Waals surface area contributed by atoms with Crippen molar-refractivity contribution >= 4 is 39.3 Å². The van der Waals surface area contributed by atoms with Crippen LogP contribution in [0.25, 0.3) is 0 Å². The quantitative estimate of drug-likeness (QED) is 0.313. The Morgan fingerprint density at radius 1 is 1.37 bits per heavy atom. The fraction of sp³-hybridized carbons (Fsp3) is 0.455. The average Bonchev–Trinajstić information content (AvgIpc) is 2.55. The maximum absolute atomic E-state index is 11.6. The summed E-state index contributed by atoms with van der Waals surface area (Å²) < 4.78 is 24.8. The minimum Gasteiger partial charge on any atom is -0.371 e. The minimum atomic E-state index is -4.01. The van der Waals surface area contributed by atoms with Crippen molar-refractivity contribution in [1.29, 1.82) is 0 Å². The van der Waals surface area contributed by atoms with Crippen LogP contribution in [-0.2, 0) is 19.7 Å². The van der Waals surface area contributed by atoms with Gasteiger partial charge in [0.1, 0.15) is 17.6 Å². The molecule has 1 atom stereocenters. The lowest BCUT2D eigenvalue weighted by Crippen LogP contribution is -2.33. The Hall–Kier alpha value is -2.07. The first-order valence-electron chi connectivity index (χ1n) is 7.18. The highest BCUT2D eigenvalue weighted by Crippen LogP contribution is 2.38. The second-order valence-corrected chi connectivity index (χ2v) is 8.29. The number of hydrogen-bond donors (Lipinski definition) is 2. The number of nitrogens with one attached hydrogen (secondary N) is 1. The number of fused-ring (bicyclic) bond motifs is 1. The van der Waals surface area contributed by atoms with Gasteiger partial charge in [0.25, 0.3) is 10.2 Å². The SMILES string of the molecule is NS(=O)(=O)c1cc2c(cc1Cl)NCN(CC[C@@H](CO[N+](=O)[O-])O[N+](=O)[O-])S2. The summed E-state index contributed by atoms with van der Waals surface area (Å²) >= 11 is 7.10. The molecule has 27 heavy (non-hydrogen) atoms. The average molecular weight is 444 g/mol. The van der Waals surface area contributed by atoms with Crippen molar-refractivity contribution in [2.45, 2.75) is 22.3 Å². The predicted molar refractivity (Wildman–Crippen MR) is 93.3 cm³/mol. The molecule has 1 aliphatic heterocycles. The van der Waals surface area contributed by atoms with Crippen LogP contribution in [0.2, 0.25) is 5.02 Å². The molecule has 0 fully saturated rings. The molecule has 0 saturated carbocycles. The van der Waals surface area contributed by atoms with Crippen LogP contribution in [0.3, 0.4) is 0 Å². The molecular formula is C11H14ClN5O8S2. The molecule has 150 valence electrons. The number of nitrogens with two attached hydrogens (primary N) is 1. The van der Waals surface area contributed by atoms with E-state index in [-0.39, 0.29) is 22.9 Å². The predicted octanol–water partition coefficient (Wildman–Crippen LogP) is 0.855. The number of anilines is 1. The molecule has 1 heterocycles. The number of sulfonamides is 1. The van der Waals surface area contributed by atoms with E-state index >= 15 is 0 Å². The molecule has 1 aliphatic rings. The number of nitrogens with zero attached hydrogens (tertiary/aromatic N) is 3. The summed E-state index contributed by atoms with van der Waals surface area (Å²) in [4.78, 5) is 29.5. The topological polar surface area (TPSA) is 180 Å². The summed E-state index contributed by atoms with van der Waals surface area (Å²) in [6.45, 7) is -0.0598. The molecule has 0 aliphatic carbocycles. The van der Waals surface area contributed by atoms with Gasteiger partial charge in [-0.15, -0.1) is 20.2 Å². The van der Waals surface area contributed by atoms with Crippen LogP contribution in [0.1, 0.15) is 6.42 Å². The van der Waals surface area contributed by atoms with Crippen LogP contribution >= 0.6 is 23.5 Å². The highest BCUT2D eigenvalue weighted by Gasteiger charge is 2.24. The summed E-state index contributed by atoms with van der Waals surface area (Å²) in [7, 11) is -4.01. The van der Waals surface area contributed by atoms with E-state index in [9.17, 15) is 28.6 Å². The Bertz CT molecular complexity index is 838. The lowest BCUT2D eigenvalue weighted by molar-refractivity contribution is -0.790. The number of halogens is 1. The van der Waals surface area contributed by atoms with E-state index in [4.69, 9.17) is 16.7 Å². The van der Waals surface area contributed by atoms with Crippen molar-refractivity contribution in [3.63, 3.8) is 0 Å². The van der Waals surface area contributed by atoms with E-state index in [2.05, 4.69) is 15.0 Å². The summed E-state index contributed by atoms with van der Waals surface area (Å²) in [6, 6.07) is 2.75. The molecule has 13 nitrogen and oxygen atoms in total. The van der Waals surface area contributed by atoms with Crippen molar-refractivity contribution in [3.8, 4) is 0 Å². The van der Waals surface area contributed by atoms with E-state index in [1.165, 1.54) is 24.1 Å². The molecule has 0 aromatic heterocycles. The summed E-state index contributed by atoms with van der Waals surface area (Å²) in [5, 5.41) is 26.7. The number of benzene rings is 1. The molecule has 3 N–H and O–H groups in total. The van der Waals surface area contributed by atoms with Gasteiger partial charge in [0.05, 0.1) is 17.4 Å². The third-order valence-corrected chi connectivity index (χ3v) is 5.80.